The van der Waals surface area contributed by atoms with Crippen molar-refractivity contribution in [1.29, 1.82) is 0 Å². The highest BCUT2D eigenvalue weighted by molar-refractivity contribution is 7.10. The molecule has 0 atom stereocenters. The van der Waals surface area contributed by atoms with Crippen molar-refractivity contribution < 1.29 is 9.53 Å². The molecule has 6 heteroatoms. The summed E-state index contributed by atoms with van der Waals surface area (Å²) < 4.78 is 7.99. The van der Waals surface area contributed by atoms with Gasteiger partial charge in [0.05, 0.1) is 17.8 Å². The van der Waals surface area contributed by atoms with Gasteiger partial charge in [0.2, 0.25) is 0 Å². The predicted molar refractivity (Wildman–Crippen MR) is 116 cm³/mol. The largest absolute Gasteiger partial charge is 0.486 e. The van der Waals surface area contributed by atoms with Crippen LogP contribution in [0.2, 0.25) is 0 Å². The first-order valence-corrected chi connectivity index (χ1v) is 10.3. The molecule has 4 aromatic rings. The Labute approximate surface area is 174 Å². The number of amides is 1. The molecule has 1 amide bonds. The summed E-state index contributed by atoms with van der Waals surface area (Å²) in [5.74, 6) is 0.514. The zero-order valence-corrected chi connectivity index (χ0v) is 17.6. The fourth-order valence-electron chi connectivity index (χ4n) is 3.25. The first kappa shape index (κ1) is 19.2. The van der Waals surface area contributed by atoms with E-state index in [1.165, 1.54) is 10.4 Å². The van der Waals surface area contributed by atoms with Gasteiger partial charge in [0.25, 0.3) is 5.91 Å². The molecule has 4 rings (SSSR count). The maximum atomic E-state index is 13.0. The second-order valence-corrected chi connectivity index (χ2v) is 8.13. The molecule has 29 heavy (non-hydrogen) atoms. The molecule has 3 heterocycles. The second-order valence-electron chi connectivity index (χ2n) is 7.13. The number of fused-ring (bicyclic) bond motifs is 1. The molecule has 0 unspecified atom stereocenters. The van der Waals surface area contributed by atoms with Crippen LogP contribution in [0.1, 0.15) is 32.1 Å². The number of carbonyl (C=O) groups excluding carboxylic acids is 1. The van der Waals surface area contributed by atoms with E-state index in [-0.39, 0.29) is 5.91 Å². The quantitative estimate of drug-likeness (QED) is 0.460. The molecule has 0 saturated heterocycles. The van der Waals surface area contributed by atoms with Crippen LogP contribution in [0, 0.1) is 13.8 Å². The summed E-state index contributed by atoms with van der Waals surface area (Å²) in [6.07, 6.45) is 3.93. The number of hydrogen-bond acceptors (Lipinski definition) is 4. The SMILES string of the molecule is Cc1ccsc1CN(C)C(=O)c1ccccc1OCc1cn2cccc(C)c2n1. The summed E-state index contributed by atoms with van der Waals surface area (Å²) in [6.45, 7) is 4.99. The Bertz CT molecular complexity index is 1160. The Morgan fingerprint density at radius 2 is 1.97 bits per heavy atom. The number of hydrogen-bond donors (Lipinski definition) is 0. The molecule has 0 aliphatic carbocycles. The van der Waals surface area contributed by atoms with E-state index < -0.39 is 0 Å². The van der Waals surface area contributed by atoms with Gasteiger partial charge in [-0.05, 0) is 54.6 Å². The zero-order valence-electron chi connectivity index (χ0n) is 16.8. The highest BCUT2D eigenvalue weighted by atomic mass is 32.1. The van der Waals surface area contributed by atoms with Gasteiger partial charge in [-0.15, -0.1) is 11.3 Å². The van der Waals surface area contributed by atoms with Crippen LogP contribution in [0.4, 0.5) is 0 Å². The lowest BCUT2D eigenvalue weighted by molar-refractivity contribution is 0.0781. The monoisotopic (exact) mass is 405 g/mol. The molecular formula is C23H23N3O2S. The van der Waals surface area contributed by atoms with Crippen LogP contribution in [-0.4, -0.2) is 27.2 Å². The number of imidazole rings is 1. The van der Waals surface area contributed by atoms with Crippen LogP contribution in [0.5, 0.6) is 5.75 Å². The van der Waals surface area contributed by atoms with E-state index in [1.54, 1.807) is 16.2 Å². The third kappa shape index (κ3) is 4.03. The first-order valence-electron chi connectivity index (χ1n) is 9.46. The maximum absolute atomic E-state index is 13.0. The van der Waals surface area contributed by atoms with Gasteiger partial charge < -0.3 is 14.0 Å². The lowest BCUT2D eigenvalue weighted by Gasteiger charge is -2.19. The summed E-state index contributed by atoms with van der Waals surface area (Å²) in [4.78, 5) is 20.6. The van der Waals surface area contributed by atoms with Gasteiger partial charge in [-0.25, -0.2) is 4.98 Å². The number of nitrogens with zero attached hydrogens (tertiary/aromatic N) is 3. The number of aromatic nitrogens is 2. The molecule has 0 aliphatic rings. The van der Waals surface area contributed by atoms with Gasteiger partial charge in [0.1, 0.15) is 18.0 Å². The average molecular weight is 406 g/mol. The lowest BCUT2D eigenvalue weighted by Crippen LogP contribution is -2.26. The van der Waals surface area contributed by atoms with Crippen LogP contribution >= 0.6 is 11.3 Å². The number of thiophene rings is 1. The minimum atomic E-state index is -0.0563. The Morgan fingerprint density at radius 1 is 1.14 bits per heavy atom. The molecule has 0 radical (unpaired) electrons. The first-order chi connectivity index (χ1) is 14.0. The molecule has 3 aromatic heterocycles. The average Bonchev–Trinajstić information content (AvgIpc) is 3.33. The van der Waals surface area contributed by atoms with Crippen LogP contribution in [0.25, 0.3) is 5.65 Å². The number of benzene rings is 1. The highest BCUT2D eigenvalue weighted by Gasteiger charge is 2.18. The number of para-hydroxylation sites is 1. The van der Waals surface area contributed by atoms with E-state index >= 15 is 0 Å². The molecule has 0 saturated carbocycles. The number of carbonyl (C=O) groups is 1. The van der Waals surface area contributed by atoms with Crippen LogP contribution in [-0.2, 0) is 13.2 Å². The van der Waals surface area contributed by atoms with Crippen molar-refractivity contribution in [1.82, 2.24) is 14.3 Å². The smallest absolute Gasteiger partial charge is 0.257 e. The molecule has 1 aromatic carbocycles. The van der Waals surface area contributed by atoms with Gasteiger partial charge in [-0.1, -0.05) is 18.2 Å². The van der Waals surface area contributed by atoms with Gasteiger partial charge in [-0.3, -0.25) is 4.79 Å². The summed E-state index contributed by atoms with van der Waals surface area (Å²) in [7, 11) is 1.82. The molecule has 0 aliphatic heterocycles. The molecule has 0 spiro atoms. The fraction of sp³-hybridized carbons (Fsp3) is 0.217. The summed E-state index contributed by atoms with van der Waals surface area (Å²) in [5.41, 5.74) is 4.62. The van der Waals surface area contributed by atoms with Crippen LogP contribution < -0.4 is 4.74 Å². The summed E-state index contributed by atoms with van der Waals surface area (Å²) in [6, 6.07) is 13.5. The molecule has 5 nitrogen and oxygen atoms in total. The van der Waals surface area contributed by atoms with Crippen molar-refractivity contribution in [3.05, 3.63) is 87.5 Å². The van der Waals surface area contributed by atoms with Crippen LogP contribution in [0.15, 0.2) is 60.2 Å². The van der Waals surface area contributed by atoms with Crippen molar-refractivity contribution in [2.45, 2.75) is 27.0 Å². The standard InChI is InChI=1S/C23H23N3O2S/c1-16-10-12-29-21(16)14-25(3)23(27)19-8-4-5-9-20(19)28-15-18-13-26-11-6-7-17(2)22(26)24-18/h4-13H,14-15H2,1-3H3. The molecule has 0 fully saturated rings. The van der Waals surface area contributed by atoms with Crippen molar-refractivity contribution in [3.63, 3.8) is 0 Å². The van der Waals surface area contributed by atoms with E-state index in [1.807, 2.05) is 67.2 Å². The van der Waals surface area contributed by atoms with Gasteiger partial charge >= 0.3 is 0 Å². The Balaban J connectivity index is 1.50. The van der Waals surface area contributed by atoms with Crippen molar-refractivity contribution >= 4 is 22.9 Å². The molecule has 0 bridgehead atoms. The third-order valence-corrected chi connectivity index (χ3v) is 5.92. The maximum Gasteiger partial charge on any atom is 0.257 e. The zero-order chi connectivity index (χ0) is 20.4. The van der Waals surface area contributed by atoms with Crippen molar-refractivity contribution in [2.24, 2.45) is 0 Å². The topological polar surface area (TPSA) is 46.8 Å². The van der Waals surface area contributed by atoms with E-state index in [0.717, 1.165) is 16.9 Å². The number of aryl methyl sites for hydroxylation is 2. The number of rotatable bonds is 6. The van der Waals surface area contributed by atoms with E-state index in [4.69, 9.17) is 4.74 Å². The van der Waals surface area contributed by atoms with E-state index in [9.17, 15) is 4.79 Å². The third-order valence-electron chi connectivity index (χ3n) is 4.92. The predicted octanol–water partition coefficient (Wildman–Crippen LogP) is 4.86. The van der Waals surface area contributed by atoms with Gasteiger partial charge in [0.15, 0.2) is 0 Å². The summed E-state index contributed by atoms with van der Waals surface area (Å²) >= 11 is 1.67. The van der Waals surface area contributed by atoms with Crippen LogP contribution in [0.3, 0.4) is 0 Å². The molecular weight excluding hydrogens is 382 g/mol. The van der Waals surface area contributed by atoms with Crippen molar-refractivity contribution in [3.8, 4) is 5.75 Å². The number of pyridine rings is 1. The van der Waals surface area contributed by atoms with E-state index in [2.05, 4.69) is 23.4 Å². The normalized spacial score (nSPS) is 11.0. The second kappa shape index (κ2) is 8.09. The molecule has 0 N–H and O–H groups in total. The Hall–Kier alpha value is -3.12. The lowest BCUT2D eigenvalue weighted by atomic mass is 10.1. The Kier molecular flexibility index (Phi) is 5.36. The molecule has 148 valence electrons. The number of ether oxygens (including phenoxy) is 1. The Morgan fingerprint density at radius 3 is 2.72 bits per heavy atom. The van der Waals surface area contributed by atoms with E-state index in [0.29, 0.717) is 24.5 Å². The van der Waals surface area contributed by atoms with Crippen molar-refractivity contribution in [2.75, 3.05) is 7.05 Å². The summed E-state index contributed by atoms with van der Waals surface area (Å²) in [5, 5.41) is 2.05. The van der Waals surface area contributed by atoms with Gasteiger partial charge in [-0.2, -0.15) is 0 Å². The highest BCUT2D eigenvalue weighted by Crippen LogP contribution is 2.23. The van der Waals surface area contributed by atoms with Gasteiger partial charge in [0, 0.05) is 24.3 Å². The fourth-order valence-corrected chi connectivity index (χ4v) is 4.21. The minimum Gasteiger partial charge on any atom is -0.486 e. The minimum absolute atomic E-state index is 0.0563.